The third-order valence-electron chi connectivity index (χ3n) is 3.30. The standard InChI is InChI=1S/C13H23NO/c1-3-5-11-6-7-12(10-14)13(9-11)15-8-4-2/h11-13H,3-9H2,1-2H3. The number of hydrogen-bond acceptors (Lipinski definition) is 2. The molecule has 86 valence electrons. The van der Waals surface area contributed by atoms with Gasteiger partial charge in [0.2, 0.25) is 0 Å². The summed E-state index contributed by atoms with van der Waals surface area (Å²) in [6.45, 7) is 5.16. The fourth-order valence-corrected chi connectivity index (χ4v) is 2.48. The molecule has 0 aliphatic heterocycles. The summed E-state index contributed by atoms with van der Waals surface area (Å²) in [5.74, 6) is 0.936. The van der Waals surface area contributed by atoms with Gasteiger partial charge in [0, 0.05) is 6.61 Å². The fourth-order valence-electron chi connectivity index (χ4n) is 2.48. The Balaban J connectivity index is 2.42. The van der Waals surface area contributed by atoms with E-state index in [-0.39, 0.29) is 12.0 Å². The summed E-state index contributed by atoms with van der Waals surface area (Å²) in [4.78, 5) is 0. The first-order valence-corrected chi connectivity index (χ1v) is 6.33. The van der Waals surface area contributed by atoms with E-state index < -0.39 is 0 Å². The average molecular weight is 209 g/mol. The first kappa shape index (κ1) is 12.5. The molecule has 0 heterocycles. The first-order chi connectivity index (χ1) is 7.31. The third-order valence-corrected chi connectivity index (χ3v) is 3.30. The van der Waals surface area contributed by atoms with Gasteiger partial charge in [0.1, 0.15) is 0 Å². The van der Waals surface area contributed by atoms with Crippen LogP contribution in [0.4, 0.5) is 0 Å². The Morgan fingerprint density at radius 3 is 2.67 bits per heavy atom. The minimum absolute atomic E-state index is 0.143. The van der Waals surface area contributed by atoms with Crippen LogP contribution in [-0.2, 0) is 4.74 Å². The highest BCUT2D eigenvalue weighted by Gasteiger charge is 2.30. The van der Waals surface area contributed by atoms with E-state index in [0.717, 1.165) is 31.8 Å². The van der Waals surface area contributed by atoms with E-state index in [2.05, 4.69) is 19.9 Å². The van der Waals surface area contributed by atoms with Crippen molar-refractivity contribution in [2.45, 2.75) is 58.5 Å². The van der Waals surface area contributed by atoms with Crippen LogP contribution in [0.25, 0.3) is 0 Å². The van der Waals surface area contributed by atoms with Gasteiger partial charge in [0.25, 0.3) is 0 Å². The topological polar surface area (TPSA) is 33.0 Å². The molecular weight excluding hydrogens is 186 g/mol. The molecule has 2 heteroatoms. The number of nitriles is 1. The molecule has 3 unspecified atom stereocenters. The van der Waals surface area contributed by atoms with Crippen molar-refractivity contribution in [2.75, 3.05) is 6.61 Å². The SMILES string of the molecule is CCCOC1CC(CCC)CCC1C#N. The van der Waals surface area contributed by atoms with Crippen LogP contribution < -0.4 is 0 Å². The van der Waals surface area contributed by atoms with Crippen molar-refractivity contribution in [3.05, 3.63) is 0 Å². The largest absolute Gasteiger partial charge is 0.377 e. The van der Waals surface area contributed by atoms with Gasteiger partial charge in [-0.1, -0.05) is 26.7 Å². The van der Waals surface area contributed by atoms with Gasteiger partial charge in [-0.2, -0.15) is 5.26 Å². The van der Waals surface area contributed by atoms with Crippen molar-refractivity contribution in [3.63, 3.8) is 0 Å². The van der Waals surface area contributed by atoms with E-state index in [1.54, 1.807) is 0 Å². The molecule has 1 saturated carbocycles. The highest BCUT2D eigenvalue weighted by molar-refractivity contribution is 4.93. The Bertz CT molecular complexity index is 209. The minimum atomic E-state index is 0.143. The predicted octanol–water partition coefficient (Wildman–Crippen LogP) is 3.52. The number of rotatable bonds is 5. The maximum absolute atomic E-state index is 9.05. The van der Waals surface area contributed by atoms with Gasteiger partial charge < -0.3 is 4.74 Å². The van der Waals surface area contributed by atoms with Crippen LogP contribution in [0.3, 0.4) is 0 Å². The second kappa shape index (κ2) is 6.85. The molecule has 0 radical (unpaired) electrons. The monoisotopic (exact) mass is 209 g/mol. The van der Waals surface area contributed by atoms with Gasteiger partial charge in [-0.3, -0.25) is 0 Å². The number of hydrogen-bond donors (Lipinski definition) is 0. The smallest absolute Gasteiger partial charge is 0.0735 e. The van der Waals surface area contributed by atoms with Crippen LogP contribution in [0.15, 0.2) is 0 Å². The van der Waals surface area contributed by atoms with E-state index in [1.165, 1.54) is 19.3 Å². The van der Waals surface area contributed by atoms with Crippen molar-refractivity contribution in [1.82, 2.24) is 0 Å². The molecule has 0 bridgehead atoms. The van der Waals surface area contributed by atoms with Crippen LogP contribution in [0, 0.1) is 23.2 Å². The molecule has 0 aromatic rings. The van der Waals surface area contributed by atoms with Crippen molar-refractivity contribution < 1.29 is 4.74 Å². The summed E-state index contributed by atoms with van der Waals surface area (Å²) >= 11 is 0. The molecule has 0 aromatic carbocycles. The van der Waals surface area contributed by atoms with E-state index in [4.69, 9.17) is 10.00 Å². The maximum Gasteiger partial charge on any atom is 0.0735 e. The highest BCUT2D eigenvalue weighted by atomic mass is 16.5. The normalized spacial score (nSPS) is 31.1. The van der Waals surface area contributed by atoms with E-state index in [1.807, 2.05) is 0 Å². The molecule has 1 aliphatic carbocycles. The van der Waals surface area contributed by atoms with Crippen molar-refractivity contribution in [1.29, 1.82) is 5.26 Å². The maximum atomic E-state index is 9.05. The average Bonchev–Trinajstić information content (AvgIpc) is 2.27. The summed E-state index contributed by atoms with van der Waals surface area (Å²) in [6, 6.07) is 2.40. The molecule has 1 rings (SSSR count). The lowest BCUT2D eigenvalue weighted by Crippen LogP contribution is -2.31. The van der Waals surface area contributed by atoms with Gasteiger partial charge in [-0.25, -0.2) is 0 Å². The van der Waals surface area contributed by atoms with E-state index in [9.17, 15) is 0 Å². The second-order valence-corrected chi connectivity index (χ2v) is 4.61. The molecule has 1 fully saturated rings. The van der Waals surface area contributed by atoms with Gasteiger partial charge in [-0.05, 0) is 31.6 Å². The Hall–Kier alpha value is -0.550. The number of nitrogens with zero attached hydrogens (tertiary/aromatic N) is 1. The summed E-state index contributed by atoms with van der Waals surface area (Å²) in [6.07, 6.45) is 7.17. The zero-order valence-electron chi connectivity index (χ0n) is 10.0. The van der Waals surface area contributed by atoms with Crippen molar-refractivity contribution in [3.8, 4) is 6.07 Å². The Morgan fingerprint density at radius 2 is 2.07 bits per heavy atom. The quantitative estimate of drug-likeness (QED) is 0.694. The summed E-state index contributed by atoms with van der Waals surface area (Å²) in [5, 5.41) is 9.05. The molecule has 0 spiro atoms. The van der Waals surface area contributed by atoms with Gasteiger partial charge in [0.15, 0.2) is 0 Å². The van der Waals surface area contributed by atoms with Crippen LogP contribution in [0.2, 0.25) is 0 Å². The summed E-state index contributed by atoms with van der Waals surface area (Å²) in [7, 11) is 0. The van der Waals surface area contributed by atoms with Crippen LogP contribution >= 0.6 is 0 Å². The zero-order valence-corrected chi connectivity index (χ0v) is 10.0. The second-order valence-electron chi connectivity index (χ2n) is 4.61. The molecule has 0 amide bonds. The molecule has 1 aliphatic rings. The molecule has 0 N–H and O–H groups in total. The lowest BCUT2D eigenvalue weighted by molar-refractivity contribution is -0.0104. The molecule has 3 atom stereocenters. The van der Waals surface area contributed by atoms with Gasteiger partial charge in [-0.15, -0.1) is 0 Å². The van der Waals surface area contributed by atoms with Crippen LogP contribution in [-0.4, -0.2) is 12.7 Å². The summed E-state index contributed by atoms with van der Waals surface area (Å²) in [5.41, 5.74) is 0. The molecule has 0 aromatic heterocycles. The Labute approximate surface area is 93.6 Å². The Morgan fingerprint density at radius 1 is 1.27 bits per heavy atom. The first-order valence-electron chi connectivity index (χ1n) is 6.33. The van der Waals surface area contributed by atoms with Gasteiger partial charge >= 0.3 is 0 Å². The molecule has 2 nitrogen and oxygen atoms in total. The zero-order chi connectivity index (χ0) is 11.1. The fraction of sp³-hybridized carbons (Fsp3) is 0.923. The minimum Gasteiger partial charge on any atom is -0.377 e. The van der Waals surface area contributed by atoms with E-state index in [0.29, 0.717) is 0 Å². The molecule has 0 saturated heterocycles. The summed E-state index contributed by atoms with van der Waals surface area (Å²) < 4.78 is 5.79. The van der Waals surface area contributed by atoms with Crippen molar-refractivity contribution in [2.24, 2.45) is 11.8 Å². The highest BCUT2D eigenvalue weighted by Crippen LogP contribution is 2.33. The van der Waals surface area contributed by atoms with Gasteiger partial charge in [0.05, 0.1) is 18.1 Å². The Kier molecular flexibility index (Phi) is 5.71. The third kappa shape index (κ3) is 3.83. The van der Waals surface area contributed by atoms with Crippen molar-refractivity contribution >= 4 is 0 Å². The molecular formula is C13H23NO. The predicted molar refractivity (Wildman–Crippen MR) is 61.4 cm³/mol. The lowest BCUT2D eigenvalue weighted by Gasteiger charge is -2.32. The number of ether oxygens (including phenoxy) is 1. The lowest BCUT2D eigenvalue weighted by atomic mass is 9.78. The van der Waals surface area contributed by atoms with Crippen LogP contribution in [0.1, 0.15) is 52.4 Å². The van der Waals surface area contributed by atoms with E-state index >= 15 is 0 Å². The molecule has 15 heavy (non-hydrogen) atoms. The van der Waals surface area contributed by atoms with Crippen LogP contribution in [0.5, 0.6) is 0 Å².